The second kappa shape index (κ2) is 5.52. The van der Waals surface area contributed by atoms with E-state index in [1.807, 2.05) is 19.1 Å². The summed E-state index contributed by atoms with van der Waals surface area (Å²) >= 11 is 9.50. The van der Waals surface area contributed by atoms with Crippen LogP contribution in [0, 0.1) is 6.92 Å². The van der Waals surface area contributed by atoms with Crippen LogP contribution in [0.1, 0.15) is 16.7 Å². The van der Waals surface area contributed by atoms with Crippen molar-refractivity contribution >= 4 is 33.5 Å². The van der Waals surface area contributed by atoms with E-state index in [9.17, 15) is 4.79 Å². The predicted molar refractivity (Wildman–Crippen MR) is 64.5 cm³/mol. The molecule has 1 aromatic rings. The molecule has 0 aliphatic heterocycles. The van der Waals surface area contributed by atoms with Gasteiger partial charge in [-0.05, 0) is 18.1 Å². The third kappa shape index (κ3) is 3.21. The van der Waals surface area contributed by atoms with Crippen LogP contribution in [0.2, 0.25) is 5.02 Å². The van der Waals surface area contributed by atoms with Gasteiger partial charge in [-0.1, -0.05) is 45.2 Å². The van der Waals surface area contributed by atoms with Gasteiger partial charge in [-0.25, -0.2) is 0 Å². The fourth-order valence-corrected chi connectivity index (χ4v) is 2.22. The molecule has 0 bridgehead atoms. The smallest absolute Gasteiger partial charge is 0.310 e. The van der Waals surface area contributed by atoms with E-state index in [-0.39, 0.29) is 12.4 Å². The average Bonchev–Trinajstić information content (AvgIpc) is 2.22. The molecule has 1 aromatic carbocycles. The Hall–Kier alpha value is -0.540. The van der Waals surface area contributed by atoms with Gasteiger partial charge >= 0.3 is 5.97 Å². The van der Waals surface area contributed by atoms with E-state index >= 15 is 0 Å². The van der Waals surface area contributed by atoms with Crippen LogP contribution in [-0.2, 0) is 21.3 Å². The van der Waals surface area contributed by atoms with E-state index in [1.54, 1.807) is 0 Å². The molecular weight excluding hydrogens is 279 g/mol. The summed E-state index contributed by atoms with van der Waals surface area (Å²) in [5.41, 5.74) is 2.90. The molecule has 0 saturated carbocycles. The molecule has 0 heterocycles. The van der Waals surface area contributed by atoms with Gasteiger partial charge in [-0.2, -0.15) is 0 Å². The van der Waals surface area contributed by atoms with Crippen LogP contribution in [0.15, 0.2) is 12.1 Å². The number of benzene rings is 1. The van der Waals surface area contributed by atoms with Crippen molar-refractivity contribution in [3.63, 3.8) is 0 Å². The van der Waals surface area contributed by atoms with Crippen molar-refractivity contribution in [1.29, 1.82) is 0 Å². The molecule has 0 atom stereocenters. The van der Waals surface area contributed by atoms with E-state index in [2.05, 4.69) is 20.7 Å². The third-order valence-electron chi connectivity index (χ3n) is 2.07. The lowest BCUT2D eigenvalue weighted by molar-refractivity contribution is -0.139. The number of alkyl halides is 1. The Morgan fingerprint density at radius 1 is 1.47 bits per heavy atom. The second-order valence-corrected chi connectivity index (χ2v) is 4.22. The minimum atomic E-state index is -0.275. The standard InChI is InChI=1S/C11H12BrClO2/c1-7-3-8(5-10(14)15-2)11(13)9(4-7)6-12/h3-4H,5-6H2,1-2H3. The summed E-state index contributed by atoms with van der Waals surface area (Å²) in [6, 6.07) is 3.91. The number of hydrogen-bond donors (Lipinski definition) is 0. The molecule has 0 fully saturated rings. The highest BCUT2D eigenvalue weighted by molar-refractivity contribution is 9.08. The Balaban J connectivity index is 3.06. The van der Waals surface area contributed by atoms with Crippen molar-refractivity contribution in [2.75, 3.05) is 7.11 Å². The van der Waals surface area contributed by atoms with E-state index < -0.39 is 0 Å². The fourth-order valence-electron chi connectivity index (χ4n) is 1.38. The molecule has 4 heteroatoms. The quantitative estimate of drug-likeness (QED) is 0.631. The maximum Gasteiger partial charge on any atom is 0.310 e. The monoisotopic (exact) mass is 290 g/mol. The van der Waals surface area contributed by atoms with Gasteiger partial charge < -0.3 is 4.74 Å². The highest BCUT2D eigenvalue weighted by atomic mass is 79.9. The predicted octanol–water partition coefficient (Wildman–Crippen LogP) is 3.26. The van der Waals surface area contributed by atoms with Gasteiger partial charge in [0, 0.05) is 10.4 Å². The van der Waals surface area contributed by atoms with Crippen LogP contribution in [0.3, 0.4) is 0 Å². The Morgan fingerprint density at radius 3 is 2.60 bits per heavy atom. The van der Waals surface area contributed by atoms with Crippen molar-refractivity contribution in [3.05, 3.63) is 33.8 Å². The lowest BCUT2D eigenvalue weighted by Crippen LogP contribution is -2.06. The minimum Gasteiger partial charge on any atom is -0.469 e. The number of aryl methyl sites for hydroxylation is 1. The molecule has 2 nitrogen and oxygen atoms in total. The molecule has 0 aromatic heterocycles. The first kappa shape index (κ1) is 12.5. The van der Waals surface area contributed by atoms with E-state index in [4.69, 9.17) is 11.6 Å². The summed E-state index contributed by atoms with van der Waals surface area (Å²) < 4.78 is 4.61. The van der Waals surface area contributed by atoms with Gasteiger partial charge in [0.25, 0.3) is 0 Å². The molecule has 0 amide bonds. The number of carbonyl (C=O) groups is 1. The Morgan fingerprint density at radius 2 is 2.07 bits per heavy atom. The largest absolute Gasteiger partial charge is 0.469 e. The average molecular weight is 292 g/mol. The maximum absolute atomic E-state index is 11.2. The van der Waals surface area contributed by atoms with Gasteiger partial charge in [0.05, 0.1) is 13.5 Å². The molecule has 1 rings (SSSR count). The van der Waals surface area contributed by atoms with Gasteiger partial charge in [-0.3, -0.25) is 4.79 Å². The molecule has 0 aliphatic rings. The zero-order chi connectivity index (χ0) is 11.4. The molecule has 0 N–H and O–H groups in total. The van der Waals surface area contributed by atoms with E-state index in [1.165, 1.54) is 7.11 Å². The minimum absolute atomic E-state index is 0.219. The number of carbonyl (C=O) groups excluding carboxylic acids is 1. The highest BCUT2D eigenvalue weighted by Crippen LogP contribution is 2.25. The summed E-state index contributed by atoms with van der Waals surface area (Å²) in [7, 11) is 1.37. The van der Waals surface area contributed by atoms with Crippen LogP contribution in [0.4, 0.5) is 0 Å². The first-order chi connectivity index (χ1) is 7.08. The molecule has 82 valence electrons. The van der Waals surface area contributed by atoms with Crippen molar-refractivity contribution in [2.45, 2.75) is 18.7 Å². The lowest BCUT2D eigenvalue weighted by Gasteiger charge is -2.08. The van der Waals surface area contributed by atoms with Crippen LogP contribution >= 0.6 is 27.5 Å². The number of ether oxygens (including phenoxy) is 1. The lowest BCUT2D eigenvalue weighted by atomic mass is 10.0. The zero-order valence-corrected chi connectivity index (χ0v) is 11.0. The SMILES string of the molecule is COC(=O)Cc1cc(C)cc(CBr)c1Cl. The molecule has 0 saturated heterocycles. The van der Waals surface area contributed by atoms with Gasteiger partial charge in [0.1, 0.15) is 0 Å². The summed E-state index contributed by atoms with van der Waals surface area (Å²) in [6.07, 6.45) is 0.219. The molecule has 0 radical (unpaired) electrons. The van der Waals surface area contributed by atoms with Gasteiger partial charge in [0.15, 0.2) is 0 Å². The number of methoxy groups -OCH3 is 1. The van der Waals surface area contributed by atoms with Crippen molar-refractivity contribution in [2.24, 2.45) is 0 Å². The van der Waals surface area contributed by atoms with E-state index in [0.717, 1.165) is 16.7 Å². The van der Waals surface area contributed by atoms with Gasteiger partial charge in [-0.15, -0.1) is 0 Å². The van der Waals surface area contributed by atoms with Gasteiger partial charge in [0.2, 0.25) is 0 Å². The van der Waals surface area contributed by atoms with Crippen LogP contribution in [-0.4, -0.2) is 13.1 Å². The normalized spacial score (nSPS) is 10.1. The molecule has 0 aliphatic carbocycles. The summed E-state index contributed by atoms with van der Waals surface area (Å²) in [6.45, 7) is 1.98. The van der Waals surface area contributed by atoms with Crippen molar-refractivity contribution < 1.29 is 9.53 Å². The highest BCUT2D eigenvalue weighted by Gasteiger charge is 2.10. The van der Waals surface area contributed by atoms with Crippen LogP contribution < -0.4 is 0 Å². The summed E-state index contributed by atoms with van der Waals surface area (Å²) in [5.74, 6) is -0.275. The number of halogens is 2. The van der Waals surface area contributed by atoms with Crippen LogP contribution in [0.5, 0.6) is 0 Å². The molecule has 0 spiro atoms. The zero-order valence-electron chi connectivity index (χ0n) is 8.64. The number of rotatable bonds is 3. The molecular formula is C11H12BrClO2. The third-order valence-corrected chi connectivity index (χ3v) is 3.16. The van der Waals surface area contributed by atoms with Crippen molar-refractivity contribution in [1.82, 2.24) is 0 Å². The molecule has 15 heavy (non-hydrogen) atoms. The van der Waals surface area contributed by atoms with Crippen LogP contribution in [0.25, 0.3) is 0 Å². The molecule has 0 unspecified atom stereocenters. The summed E-state index contributed by atoms with van der Waals surface area (Å²) in [5, 5.41) is 1.32. The number of esters is 1. The maximum atomic E-state index is 11.2. The summed E-state index contributed by atoms with van der Waals surface area (Å²) in [4.78, 5) is 11.2. The second-order valence-electron chi connectivity index (χ2n) is 3.28. The topological polar surface area (TPSA) is 26.3 Å². The van der Waals surface area contributed by atoms with E-state index in [0.29, 0.717) is 10.4 Å². The Labute approximate surface area is 103 Å². The number of hydrogen-bond acceptors (Lipinski definition) is 2. The van der Waals surface area contributed by atoms with Crippen molar-refractivity contribution in [3.8, 4) is 0 Å². The Kier molecular flexibility index (Phi) is 4.61. The first-order valence-electron chi connectivity index (χ1n) is 4.49. The fraction of sp³-hybridized carbons (Fsp3) is 0.364. The first-order valence-corrected chi connectivity index (χ1v) is 5.99. The Bertz CT molecular complexity index is 377.